The summed E-state index contributed by atoms with van der Waals surface area (Å²) < 4.78 is 27.1. The number of amides is 2. The number of carbonyl (C=O) groups is 2. The third-order valence-corrected chi connectivity index (χ3v) is 10.2. The fourth-order valence-corrected chi connectivity index (χ4v) is 7.24. The lowest BCUT2D eigenvalue weighted by molar-refractivity contribution is 0.0706. The van der Waals surface area contributed by atoms with E-state index >= 15 is 0 Å². The van der Waals surface area contributed by atoms with Crippen LogP contribution in [0.2, 0.25) is 0 Å². The molecule has 0 radical (unpaired) electrons. The molecular weight excluding hydrogens is 516 g/mol. The van der Waals surface area contributed by atoms with Gasteiger partial charge in [0.2, 0.25) is 10.0 Å². The fourth-order valence-electron chi connectivity index (χ4n) is 6.41. The van der Waals surface area contributed by atoms with Gasteiger partial charge in [0.05, 0.1) is 29.3 Å². The predicted octanol–water partition coefficient (Wildman–Crippen LogP) is 3.95. The smallest absolute Gasteiger partial charge is 0.257 e. The molecule has 2 heterocycles. The Labute approximate surface area is 229 Å². The number of carbonyl (C=O) groups excluding carboxylic acids is 2. The SMILES string of the molecule is O=C(Nc1ccc2c(c1)C(=O)N(C1CCCC1)C2)c1ccc(NS(=O)(=O)CCO)cc1N1CCC2(CC1)CC2. The largest absolute Gasteiger partial charge is 0.395 e. The van der Waals surface area contributed by atoms with E-state index in [1.807, 2.05) is 17.0 Å². The summed E-state index contributed by atoms with van der Waals surface area (Å²) in [5.41, 5.74) is 4.14. The minimum absolute atomic E-state index is 0.0375. The van der Waals surface area contributed by atoms with E-state index in [0.29, 0.717) is 46.2 Å². The van der Waals surface area contributed by atoms with Gasteiger partial charge in [0.25, 0.3) is 11.8 Å². The zero-order valence-corrected chi connectivity index (χ0v) is 22.9. The van der Waals surface area contributed by atoms with Gasteiger partial charge in [-0.05, 0) is 79.8 Å². The molecule has 2 aromatic rings. The van der Waals surface area contributed by atoms with E-state index in [1.54, 1.807) is 24.3 Å². The Morgan fingerprint density at radius 2 is 1.72 bits per heavy atom. The normalized spacial score (nSPS) is 20.4. The van der Waals surface area contributed by atoms with Crippen molar-refractivity contribution in [3.63, 3.8) is 0 Å². The Balaban J connectivity index is 1.24. The topological polar surface area (TPSA) is 119 Å². The molecule has 2 aliphatic carbocycles. The van der Waals surface area contributed by atoms with Crippen LogP contribution in [0.15, 0.2) is 36.4 Å². The van der Waals surface area contributed by atoms with Gasteiger partial charge >= 0.3 is 0 Å². The first kappa shape index (κ1) is 26.1. The van der Waals surface area contributed by atoms with Crippen molar-refractivity contribution < 1.29 is 23.1 Å². The molecule has 39 heavy (non-hydrogen) atoms. The number of aliphatic hydroxyl groups excluding tert-OH is 1. The minimum atomic E-state index is -3.70. The Morgan fingerprint density at radius 3 is 2.41 bits per heavy atom. The minimum Gasteiger partial charge on any atom is -0.395 e. The van der Waals surface area contributed by atoms with E-state index in [-0.39, 0.29) is 11.8 Å². The van der Waals surface area contributed by atoms with Crippen LogP contribution >= 0.6 is 0 Å². The van der Waals surface area contributed by atoms with Gasteiger partial charge in [-0.3, -0.25) is 14.3 Å². The standard InChI is InChI=1S/C29H36N4O5S/c34-15-16-39(37,38)31-22-7-8-24(26(18-22)32-13-11-29(9-10-29)12-14-32)27(35)30-21-6-5-20-19-33(23-3-1-2-4-23)28(36)25(20)17-21/h5-8,17-18,23,31,34H,1-4,9-16,19H2,(H,30,35). The first-order valence-electron chi connectivity index (χ1n) is 14.0. The molecule has 4 aliphatic rings. The third-order valence-electron chi connectivity index (χ3n) is 8.96. The number of hydrogen-bond acceptors (Lipinski definition) is 6. The van der Waals surface area contributed by atoms with E-state index in [9.17, 15) is 18.0 Å². The summed E-state index contributed by atoms with van der Waals surface area (Å²) in [7, 11) is -3.70. The van der Waals surface area contributed by atoms with Crippen LogP contribution in [0.1, 0.15) is 77.6 Å². The van der Waals surface area contributed by atoms with Crippen LogP contribution < -0.4 is 14.9 Å². The van der Waals surface area contributed by atoms with E-state index in [1.165, 1.54) is 12.8 Å². The van der Waals surface area contributed by atoms with Crippen LogP contribution in [0.4, 0.5) is 17.1 Å². The quantitative estimate of drug-likeness (QED) is 0.456. The molecule has 0 unspecified atom stereocenters. The highest BCUT2D eigenvalue weighted by atomic mass is 32.2. The van der Waals surface area contributed by atoms with Gasteiger partial charge in [-0.15, -0.1) is 0 Å². The number of benzene rings is 2. The lowest BCUT2D eigenvalue weighted by Gasteiger charge is -2.35. The number of aliphatic hydroxyl groups is 1. The molecule has 1 saturated heterocycles. The highest BCUT2D eigenvalue weighted by Crippen LogP contribution is 2.54. The molecule has 10 heteroatoms. The highest BCUT2D eigenvalue weighted by Gasteiger charge is 2.44. The van der Waals surface area contributed by atoms with Crippen molar-refractivity contribution in [1.82, 2.24) is 4.90 Å². The van der Waals surface area contributed by atoms with Gasteiger partial charge in [0, 0.05) is 36.9 Å². The first-order chi connectivity index (χ1) is 18.8. The number of anilines is 3. The summed E-state index contributed by atoms with van der Waals surface area (Å²) in [6, 6.07) is 10.8. The van der Waals surface area contributed by atoms with Crippen molar-refractivity contribution in [2.75, 3.05) is 40.4 Å². The second kappa shape index (κ2) is 10.1. The Kier molecular flexibility index (Phi) is 6.79. The maximum atomic E-state index is 13.6. The van der Waals surface area contributed by atoms with Gasteiger partial charge in [0.1, 0.15) is 0 Å². The number of hydrogen-bond donors (Lipinski definition) is 3. The van der Waals surface area contributed by atoms with Gasteiger partial charge in [-0.25, -0.2) is 8.42 Å². The van der Waals surface area contributed by atoms with E-state index in [2.05, 4.69) is 14.9 Å². The maximum Gasteiger partial charge on any atom is 0.257 e. The number of nitrogens with zero attached hydrogens (tertiary/aromatic N) is 2. The predicted molar refractivity (Wildman–Crippen MR) is 151 cm³/mol. The molecule has 2 aromatic carbocycles. The highest BCUT2D eigenvalue weighted by molar-refractivity contribution is 7.92. The Bertz CT molecular complexity index is 1390. The zero-order valence-electron chi connectivity index (χ0n) is 22.1. The van der Waals surface area contributed by atoms with Gasteiger partial charge in [0.15, 0.2) is 0 Å². The maximum absolute atomic E-state index is 13.6. The van der Waals surface area contributed by atoms with Crippen molar-refractivity contribution >= 4 is 38.9 Å². The van der Waals surface area contributed by atoms with Crippen molar-refractivity contribution in [2.24, 2.45) is 5.41 Å². The van der Waals surface area contributed by atoms with Crippen molar-refractivity contribution in [1.29, 1.82) is 0 Å². The number of rotatable bonds is 8. The summed E-state index contributed by atoms with van der Waals surface area (Å²) in [6.45, 7) is 1.76. The van der Waals surface area contributed by atoms with Crippen molar-refractivity contribution in [2.45, 2.75) is 64.0 Å². The summed E-state index contributed by atoms with van der Waals surface area (Å²) in [5.74, 6) is -0.665. The molecule has 0 bridgehead atoms. The summed E-state index contributed by atoms with van der Waals surface area (Å²) >= 11 is 0. The molecular formula is C29H36N4O5S. The fraction of sp³-hybridized carbons (Fsp3) is 0.517. The summed E-state index contributed by atoms with van der Waals surface area (Å²) in [6.07, 6.45) is 9.04. The first-order valence-corrected chi connectivity index (χ1v) is 15.7. The third kappa shape index (κ3) is 5.36. The molecule has 3 N–H and O–H groups in total. The zero-order chi connectivity index (χ0) is 27.2. The monoisotopic (exact) mass is 552 g/mol. The van der Waals surface area contributed by atoms with E-state index < -0.39 is 22.4 Å². The van der Waals surface area contributed by atoms with Crippen molar-refractivity contribution in [3.05, 3.63) is 53.1 Å². The average Bonchev–Trinajstić information content (AvgIpc) is 3.30. The van der Waals surface area contributed by atoms with Gasteiger partial charge in [-0.2, -0.15) is 0 Å². The lowest BCUT2D eigenvalue weighted by atomic mass is 9.93. The lowest BCUT2D eigenvalue weighted by Crippen LogP contribution is -2.35. The van der Waals surface area contributed by atoms with Crippen LogP contribution in [-0.2, 0) is 16.6 Å². The molecule has 208 valence electrons. The van der Waals surface area contributed by atoms with Gasteiger partial charge < -0.3 is 20.2 Å². The number of piperidine rings is 1. The Hall–Kier alpha value is -3.11. The number of sulfonamides is 1. The Morgan fingerprint density at radius 1 is 1.00 bits per heavy atom. The summed E-state index contributed by atoms with van der Waals surface area (Å²) in [4.78, 5) is 30.8. The average molecular weight is 553 g/mol. The molecule has 0 aromatic heterocycles. The van der Waals surface area contributed by atoms with E-state index in [0.717, 1.165) is 57.2 Å². The molecule has 3 fully saturated rings. The molecule has 2 amide bonds. The second-order valence-electron chi connectivity index (χ2n) is 11.6. The van der Waals surface area contributed by atoms with Crippen LogP contribution in [-0.4, -0.2) is 61.7 Å². The molecule has 2 aliphatic heterocycles. The molecule has 0 atom stereocenters. The summed E-state index contributed by atoms with van der Waals surface area (Å²) in [5, 5.41) is 12.1. The van der Waals surface area contributed by atoms with Crippen molar-refractivity contribution in [3.8, 4) is 0 Å². The van der Waals surface area contributed by atoms with E-state index in [4.69, 9.17) is 5.11 Å². The number of nitrogens with one attached hydrogen (secondary N) is 2. The molecule has 9 nitrogen and oxygen atoms in total. The van der Waals surface area contributed by atoms with Crippen LogP contribution in [0, 0.1) is 5.41 Å². The molecule has 2 saturated carbocycles. The second-order valence-corrected chi connectivity index (χ2v) is 13.4. The number of fused-ring (bicyclic) bond motifs is 1. The van der Waals surface area contributed by atoms with Crippen LogP contribution in [0.3, 0.4) is 0 Å². The van der Waals surface area contributed by atoms with Crippen LogP contribution in [0.5, 0.6) is 0 Å². The molecule has 1 spiro atoms. The van der Waals surface area contributed by atoms with Gasteiger partial charge in [-0.1, -0.05) is 18.9 Å². The molecule has 6 rings (SSSR count). The van der Waals surface area contributed by atoms with Crippen LogP contribution in [0.25, 0.3) is 0 Å².